The number of nitrogens with two attached hydrogens (primary N) is 1. The van der Waals surface area contributed by atoms with Crippen LogP contribution < -0.4 is 10.6 Å². The number of hydrogen-bond donors (Lipinski definition) is 1. The molecular weight excluding hydrogens is 257 g/mol. The topological polar surface area (TPSA) is 38.5 Å². The molecule has 6 heteroatoms. The van der Waals surface area contributed by atoms with Crippen LogP contribution in [0.3, 0.4) is 0 Å². The highest BCUT2D eigenvalue weighted by Gasteiger charge is 2.39. The Morgan fingerprint density at radius 2 is 1.74 bits per heavy atom. The third kappa shape index (κ3) is 3.39. The molecule has 1 aromatic rings. The Bertz CT molecular complexity index is 399. The highest BCUT2D eigenvalue weighted by atomic mass is 19.4. The number of rotatable bonds is 3. The van der Waals surface area contributed by atoms with Crippen LogP contribution in [0.5, 0.6) is 0 Å². The van der Waals surface area contributed by atoms with Crippen molar-refractivity contribution < 1.29 is 17.9 Å². The van der Waals surface area contributed by atoms with Gasteiger partial charge in [-0.3, -0.25) is 0 Å². The maximum absolute atomic E-state index is 12.8. The summed E-state index contributed by atoms with van der Waals surface area (Å²) in [5.74, 6) is -1.59. The SMILES string of the molecule is NCC(c1ccc(N2CCOCC2)cc1)C(F)(F)F. The van der Waals surface area contributed by atoms with Crippen LogP contribution in [0.4, 0.5) is 18.9 Å². The third-order valence-electron chi connectivity index (χ3n) is 3.30. The lowest BCUT2D eigenvalue weighted by atomic mass is 9.98. The second kappa shape index (κ2) is 5.79. The maximum atomic E-state index is 12.8. The molecule has 3 nitrogen and oxygen atoms in total. The fraction of sp³-hybridized carbons (Fsp3) is 0.538. The summed E-state index contributed by atoms with van der Waals surface area (Å²) in [6, 6.07) is 6.45. The van der Waals surface area contributed by atoms with Crippen LogP contribution in [-0.4, -0.2) is 39.0 Å². The zero-order valence-corrected chi connectivity index (χ0v) is 10.5. The molecule has 1 aliphatic rings. The highest BCUT2D eigenvalue weighted by molar-refractivity contribution is 5.48. The van der Waals surface area contributed by atoms with Gasteiger partial charge < -0.3 is 15.4 Å². The average molecular weight is 274 g/mol. The van der Waals surface area contributed by atoms with Crippen LogP contribution >= 0.6 is 0 Å². The molecule has 1 heterocycles. The largest absolute Gasteiger partial charge is 0.396 e. The van der Waals surface area contributed by atoms with Crippen molar-refractivity contribution in [1.82, 2.24) is 0 Å². The van der Waals surface area contributed by atoms with Gasteiger partial charge in [0.05, 0.1) is 19.1 Å². The van der Waals surface area contributed by atoms with Gasteiger partial charge in [0.25, 0.3) is 0 Å². The number of halogens is 3. The second-order valence-electron chi connectivity index (χ2n) is 4.52. The molecule has 106 valence electrons. The van der Waals surface area contributed by atoms with Crippen LogP contribution in [0, 0.1) is 0 Å². The highest BCUT2D eigenvalue weighted by Crippen LogP contribution is 2.34. The van der Waals surface area contributed by atoms with Gasteiger partial charge in [-0.1, -0.05) is 12.1 Å². The molecule has 0 radical (unpaired) electrons. The number of anilines is 1. The van der Waals surface area contributed by atoms with Crippen molar-refractivity contribution in [2.75, 3.05) is 37.7 Å². The third-order valence-corrected chi connectivity index (χ3v) is 3.30. The fourth-order valence-electron chi connectivity index (χ4n) is 2.20. The standard InChI is InChI=1S/C13H17F3N2O/c14-13(15,16)12(9-17)10-1-3-11(4-2-10)18-5-7-19-8-6-18/h1-4,12H,5-9,17H2. The Labute approximate surface area is 110 Å². The van der Waals surface area contributed by atoms with E-state index in [0.29, 0.717) is 13.2 Å². The summed E-state index contributed by atoms with van der Waals surface area (Å²) in [5.41, 5.74) is 6.36. The first-order chi connectivity index (χ1) is 9.02. The molecule has 0 amide bonds. The van der Waals surface area contributed by atoms with Crippen LogP contribution in [-0.2, 0) is 4.74 Å². The van der Waals surface area contributed by atoms with E-state index in [1.54, 1.807) is 12.1 Å². The second-order valence-corrected chi connectivity index (χ2v) is 4.52. The predicted octanol–water partition coefficient (Wildman–Crippen LogP) is 2.13. The first-order valence-corrected chi connectivity index (χ1v) is 6.22. The van der Waals surface area contributed by atoms with E-state index < -0.39 is 18.6 Å². The molecular formula is C13H17F3N2O. The van der Waals surface area contributed by atoms with Crippen LogP contribution in [0.1, 0.15) is 11.5 Å². The molecule has 1 fully saturated rings. The molecule has 0 bridgehead atoms. The molecule has 0 saturated carbocycles. The Morgan fingerprint density at radius 1 is 1.16 bits per heavy atom. The van der Waals surface area contributed by atoms with E-state index in [0.717, 1.165) is 18.8 Å². The van der Waals surface area contributed by atoms with Crippen molar-refractivity contribution in [3.05, 3.63) is 29.8 Å². The van der Waals surface area contributed by atoms with Gasteiger partial charge in [0.1, 0.15) is 0 Å². The Kier molecular flexibility index (Phi) is 4.31. The van der Waals surface area contributed by atoms with E-state index in [-0.39, 0.29) is 5.56 Å². The summed E-state index contributed by atoms with van der Waals surface area (Å²) >= 11 is 0. The van der Waals surface area contributed by atoms with Gasteiger partial charge in [-0.05, 0) is 17.7 Å². The molecule has 2 rings (SSSR count). The number of nitrogens with zero attached hydrogens (tertiary/aromatic N) is 1. The normalized spacial score (nSPS) is 18.4. The molecule has 0 aromatic heterocycles. The molecule has 1 saturated heterocycles. The smallest absolute Gasteiger partial charge is 0.378 e. The lowest BCUT2D eigenvalue weighted by Crippen LogP contribution is -2.36. The summed E-state index contributed by atoms with van der Waals surface area (Å²) in [5, 5.41) is 0. The summed E-state index contributed by atoms with van der Waals surface area (Å²) < 4.78 is 43.5. The number of ether oxygens (including phenoxy) is 1. The van der Waals surface area contributed by atoms with Crippen LogP contribution in [0.25, 0.3) is 0 Å². The van der Waals surface area contributed by atoms with Gasteiger partial charge >= 0.3 is 6.18 Å². The van der Waals surface area contributed by atoms with Crippen molar-refractivity contribution in [1.29, 1.82) is 0 Å². The molecule has 0 spiro atoms. The summed E-state index contributed by atoms with van der Waals surface area (Å²) in [6.45, 7) is 2.39. The lowest BCUT2D eigenvalue weighted by Gasteiger charge is -2.29. The van der Waals surface area contributed by atoms with E-state index in [2.05, 4.69) is 4.90 Å². The van der Waals surface area contributed by atoms with E-state index in [9.17, 15) is 13.2 Å². The molecule has 1 atom stereocenters. The van der Waals surface area contributed by atoms with Crippen molar-refractivity contribution >= 4 is 5.69 Å². The Balaban J connectivity index is 2.13. The first kappa shape index (κ1) is 14.1. The number of hydrogen-bond acceptors (Lipinski definition) is 3. The van der Waals surface area contributed by atoms with Crippen molar-refractivity contribution in [3.8, 4) is 0 Å². The van der Waals surface area contributed by atoms with Gasteiger partial charge in [-0.25, -0.2) is 0 Å². The van der Waals surface area contributed by atoms with Crippen LogP contribution in [0.15, 0.2) is 24.3 Å². The zero-order valence-electron chi connectivity index (χ0n) is 10.5. The summed E-state index contributed by atoms with van der Waals surface area (Å²) in [6.07, 6.45) is -4.30. The summed E-state index contributed by atoms with van der Waals surface area (Å²) in [4.78, 5) is 2.10. The van der Waals surface area contributed by atoms with Gasteiger partial charge in [-0.2, -0.15) is 13.2 Å². The molecule has 1 aromatic carbocycles. The van der Waals surface area contributed by atoms with E-state index in [4.69, 9.17) is 10.5 Å². The summed E-state index contributed by atoms with van der Waals surface area (Å²) in [7, 11) is 0. The van der Waals surface area contributed by atoms with Crippen LogP contribution in [0.2, 0.25) is 0 Å². The minimum atomic E-state index is -4.30. The van der Waals surface area contributed by atoms with Gasteiger partial charge in [0.15, 0.2) is 0 Å². The molecule has 2 N–H and O–H groups in total. The van der Waals surface area contributed by atoms with E-state index in [1.165, 1.54) is 12.1 Å². The quantitative estimate of drug-likeness (QED) is 0.917. The number of alkyl halides is 3. The monoisotopic (exact) mass is 274 g/mol. The fourth-order valence-corrected chi connectivity index (χ4v) is 2.20. The molecule has 19 heavy (non-hydrogen) atoms. The predicted molar refractivity (Wildman–Crippen MR) is 67.3 cm³/mol. The maximum Gasteiger partial charge on any atom is 0.396 e. The van der Waals surface area contributed by atoms with E-state index in [1.807, 2.05) is 0 Å². The molecule has 1 unspecified atom stereocenters. The Hall–Kier alpha value is -1.27. The minimum absolute atomic E-state index is 0.215. The molecule has 1 aliphatic heterocycles. The average Bonchev–Trinajstić information content (AvgIpc) is 2.40. The lowest BCUT2D eigenvalue weighted by molar-refractivity contribution is -0.148. The zero-order chi connectivity index (χ0) is 13.9. The van der Waals surface area contributed by atoms with E-state index >= 15 is 0 Å². The van der Waals surface area contributed by atoms with Crippen molar-refractivity contribution in [3.63, 3.8) is 0 Å². The number of benzene rings is 1. The molecule has 0 aliphatic carbocycles. The van der Waals surface area contributed by atoms with Crippen molar-refractivity contribution in [2.24, 2.45) is 5.73 Å². The number of morpholine rings is 1. The first-order valence-electron chi connectivity index (χ1n) is 6.22. The van der Waals surface area contributed by atoms with Gasteiger partial charge in [-0.15, -0.1) is 0 Å². The van der Waals surface area contributed by atoms with Gasteiger partial charge in [0, 0.05) is 25.3 Å². The van der Waals surface area contributed by atoms with Crippen molar-refractivity contribution in [2.45, 2.75) is 12.1 Å². The minimum Gasteiger partial charge on any atom is -0.378 e. The van der Waals surface area contributed by atoms with Gasteiger partial charge in [0.2, 0.25) is 0 Å². The Morgan fingerprint density at radius 3 is 2.21 bits per heavy atom.